The van der Waals surface area contributed by atoms with E-state index in [0.717, 1.165) is 38.5 Å². The van der Waals surface area contributed by atoms with Gasteiger partial charge in [-0.05, 0) is 61.8 Å². The van der Waals surface area contributed by atoms with Gasteiger partial charge in [0.15, 0.2) is 6.10 Å². The first kappa shape index (κ1) is 19.6. The quantitative estimate of drug-likeness (QED) is 0.540. The van der Waals surface area contributed by atoms with E-state index in [1.165, 1.54) is 36.8 Å². The summed E-state index contributed by atoms with van der Waals surface area (Å²) in [5.74, 6) is -0.221. The highest BCUT2D eigenvalue weighted by atomic mass is 16.5. The van der Waals surface area contributed by atoms with E-state index >= 15 is 0 Å². The van der Waals surface area contributed by atoms with Crippen molar-refractivity contribution < 1.29 is 14.6 Å². The first-order chi connectivity index (χ1) is 12.2. The minimum absolute atomic E-state index is 0.572. The number of carboxylic acids is 1. The van der Waals surface area contributed by atoms with Crippen molar-refractivity contribution in [1.29, 1.82) is 0 Å². The van der Waals surface area contributed by atoms with Gasteiger partial charge in [0, 0.05) is 0 Å². The molecule has 0 aliphatic heterocycles. The Morgan fingerprint density at radius 3 is 2.56 bits per heavy atom. The summed E-state index contributed by atoms with van der Waals surface area (Å²) in [7, 11) is 0. The van der Waals surface area contributed by atoms with Crippen molar-refractivity contribution >= 4 is 11.5 Å². The fraction of sp³-hybridized carbons (Fsp3) is 0.591. The highest BCUT2D eigenvalue weighted by Crippen LogP contribution is 2.27. The Balaban J connectivity index is 1.94. The van der Waals surface area contributed by atoms with Crippen LogP contribution in [0.4, 0.5) is 0 Å². The normalized spacial score (nSPS) is 16.4. The van der Waals surface area contributed by atoms with Crippen LogP contribution in [0.3, 0.4) is 0 Å². The molecule has 1 aliphatic carbocycles. The number of unbranched alkanes of at least 4 members (excludes halogenated alkanes) is 3. The number of aliphatic carboxylic acids is 1. The number of hydrogen-bond donors (Lipinski definition) is 1. The molecule has 0 bridgehead atoms. The van der Waals surface area contributed by atoms with Gasteiger partial charge in [-0.15, -0.1) is 0 Å². The van der Waals surface area contributed by atoms with Crippen LogP contribution in [0.2, 0.25) is 0 Å². The molecular weight excluding hydrogens is 312 g/mol. The van der Waals surface area contributed by atoms with Crippen LogP contribution >= 0.6 is 0 Å². The molecule has 138 valence electrons. The summed E-state index contributed by atoms with van der Waals surface area (Å²) in [6, 6.07) is 7.96. The average molecular weight is 344 g/mol. The summed E-state index contributed by atoms with van der Waals surface area (Å²) >= 11 is 0. The molecule has 3 heteroatoms. The smallest absolute Gasteiger partial charge is 0.344 e. The lowest BCUT2D eigenvalue weighted by Crippen LogP contribution is -2.26. The van der Waals surface area contributed by atoms with E-state index in [4.69, 9.17) is 4.74 Å². The lowest BCUT2D eigenvalue weighted by Gasteiger charge is -2.16. The molecule has 0 radical (unpaired) electrons. The van der Waals surface area contributed by atoms with Crippen LogP contribution < -0.4 is 4.74 Å². The third-order valence-corrected chi connectivity index (χ3v) is 4.89. The molecule has 0 saturated carbocycles. The average Bonchev–Trinajstić information content (AvgIpc) is 2.58. The third-order valence-electron chi connectivity index (χ3n) is 4.89. The summed E-state index contributed by atoms with van der Waals surface area (Å²) in [5.41, 5.74) is 2.66. The molecule has 0 spiro atoms. The van der Waals surface area contributed by atoms with Crippen LogP contribution in [-0.4, -0.2) is 17.2 Å². The SMILES string of the molecule is CCCCCCC(Oc1ccc(C2=CCCCCCC2)cc1)C(=O)O. The summed E-state index contributed by atoms with van der Waals surface area (Å²) < 4.78 is 5.72. The molecular formula is C22H32O3. The Kier molecular flexibility index (Phi) is 8.58. The van der Waals surface area contributed by atoms with Crippen LogP contribution in [-0.2, 0) is 4.79 Å². The molecule has 1 unspecified atom stereocenters. The van der Waals surface area contributed by atoms with E-state index in [-0.39, 0.29) is 0 Å². The maximum atomic E-state index is 11.4. The molecule has 1 aromatic carbocycles. The van der Waals surface area contributed by atoms with Crippen LogP contribution in [0.1, 0.15) is 83.1 Å². The molecule has 3 nitrogen and oxygen atoms in total. The molecule has 0 saturated heterocycles. The zero-order chi connectivity index (χ0) is 17.9. The first-order valence-corrected chi connectivity index (χ1v) is 9.89. The van der Waals surface area contributed by atoms with Crippen LogP contribution in [0, 0.1) is 0 Å². The Hall–Kier alpha value is -1.77. The van der Waals surface area contributed by atoms with Crippen LogP contribution in [0.5, 0.6) is 5.75 Å². The van der Waals surface area contributed by atoms with E-state index in [1.807, 2.05) is 12.1 Å². The van der Waals surface area contributed by atoms with Gasteiger partial charge in [-0.3, -0.25) is 0 Å². The topological polar surface area (TPSA) is 46.5 Å². The van der Waals surface area contributed by atoms with Crippen molar-refractivity contribution in [1.82, 2.24) is 0 Å². The molecule has 1 aromatic rings. The zero-order valence-electron chi connectivity index (χ0n) is 15.5. The summed E-state index contributed by atoms with van der Waals surface area (Å²) in [6.45, 7) is 2.15. The molecule has 1 aliphatic rings. The van der Waals surface area contributed by atoms with Gasteiger partial charge in [0.25, 0.3) is 0 Å². The molecule has 25 heavy (non-hydrogen) atoms. The first-order valence-electron chi connectivity index (χ1n) is 9.89. The minimum Gasteiger partial charge on any atom is -0.479 e. The predicted octanol–water partition coefficient (Wildman–Crippen LogP) is 6.23. The van der Waals surface area contributed by atoms with Gasteiger partial charge in [-0.2, -0.15) is 0 Å². The summed E-state index contributed by atoms with van der Waals surface area (Å²) in [4.78, 5) is 11.4. The maximum Gasteiger partial charge on any atom is 0.344 e. The van der Waals surface area contributed by atoms with Crippen LogP contribution in [0.15, 0.2) is 30.3 Å². The zero-order valence-corrected chi connectivity index (χ0v) is 15.5. The Morgan fingerprint density at radius 2 is 1.84 bits per heavy atom. The van der Waals surface area contributed by atoms with Gasteiger partial charge in [-0.25, -0.2) is 4.79 Å². The number of allylic oxidation sites excluding steroid dienone is 2. The summed E-state index contributed by atoms with van der Waals surface area (Å²) in [6.07, 6.45) is 13.9. The van der Waals surface area contributed by atoms with E-state index in [0.29, 0.717) is 12.2 Å². The van der Waals surface area contributed by atoms with Crippen molar-refractivity contribution in [2.75, 3.05) is 0 Å². The van der Waals surface area contributed by atoms with Gasteiger partial charge in [0.1, 0.15) is 5.75 Å². The molecule has 0 heterocycles. The monoisotopic (exact) mass is 344 g/mol. The maximum absolute atomic E-state index is 11.4. The standard InChI is InChI=1S/C22H32O3/c1-2-3-4-10-13-21(22(23)24)25-20-16-14-19(15-17-20)18-11-8-6-5-7-9-12-18/h11,14-17,21H,2-10,12-13H2,1H3,(H,23,24). The van der Waals surface area contributed by atoms with E-state index in [1.54, 1.807) is 0 Å². The van der Waals surface area contributed by atoms with Gasteiger partial charge in [-0.1, -0.05) is 57.2 Å². The Labute approximate surface area is 152 Å². The largest absolute Gasteiger partial charge is 0.479 e. The molecule has 0 amide bonds. The second-order valence-electron chi connectivity index (χ2n) is 7.00. The number of carbonyl (C=O) groups is 1. The lowest BCUT2D eigenvalue weighted by atomic mass is 9.95. The highest BCUT2D eigenvalue weighted by molar-refractivity contribution is 5.72. The van der Waals surface area contributed by atoms with Gasteiger partial charge < -0.3 is 9.84 Å². The predicted molar refractivity (Wildman–Crippen MR) is 103 cm³/mol. The van der Waals surface area contributed by atoms with E-state index < -0.39 is 12.1 Å². The third kappa shape index (κ3) is 6.93. The number of hydrogen-bond acceptors (Lipinski definition) is 2. The van der Waals surface area contributed by atoms with Gasteiger partial charge >= 0.3 is 5.97 Å². The lowest BCUT2D eigenvalue weighted by molar-refractivity contribution is -0.145. The van der Waals surface area contributed by atoms with Gasteiger partial charge in [0.05, 0.1) is 0 Å². The van der Waals surface area contributed by atoms with Crippen molar-refractivity contribution in [3.8, 4) is 5.75 Å². The van der Waals surface area contributed by atoms with Crippen molar-refractivity contribution in [2.45, 2.75) is 83.7 Å². The van der Waals surface area contributed by atoms with Crippen LogP contribution in [0.25, 0.3) is 5.57 Å². The fourth-order valence-corrected chi connectivity index (χ4v) is 3.36. The molecule has 0 aromatic heterocycles. The molecule has 1 atom stereocenters. The second kappa shape index (κ2) is 11.0. The van der Waals surface area contributed by atoms with E-state index in [9.17, 15) is 9.90 Å². The highest BCUT2D eigenvalue weighted by Gasteiger charge is 2.19. The van der Waals surface area contributed by atoms with Crippen molar-refractivity contribution in [2.24, 2.45) is 0 Å². The van der Waals surface area contributed by atoms with E-state index in [2.05, 4.69) is 25.1 Å². The number of carboxylic acid groups (broad SMARTS) is 1. The second-order valence-corrected chi connectivity index (χ2v) is 7.00. The molecule has 2 rings (SSSR count). The molecule has 1 N–H and O–H groups in total. The Bertz CT molecular complexity index is 545. The number of rotatable bonds is 9. The minimum atomic E-state index is -0.872. The summed E-state index contributed by atoms with van der Waals surface area (Å²) in [5, 5.41) is 9.37. The van der Waals surface area contributed by atoms with Crippen molar-refractivity contribution in [3.05, 3.63) is 35.9 Å². The fourth-order valence-electron chi connectivity index (χ4n) is 3.36. The molecule has 0 fully saturated rings. The van der Waals surface area contributed by atoms with Crippen molar-refractivity contribution in [3.63, 3.8) is 0 Å². The van der Waals surface area contributed by atoms with Gasteiger partial charge in [0.2, 0.25) is 0 Å². The number of benzene rings is 1. The Morgan fingerprint density at radius 1 is 1.08 bits per heavy atom. The number of ether oxygens (including phenoxy) is 1.